The van der Waals surface area contributed by atoms with Crippen molar-refractivity contribution in [1.82, 2.24) is 0 Å². The number of anilines is 2. The van der Waals surface area contributed by atoms with Crippen molar-refractivity contribution in [1.29, 1.82) is 0 Å². The van der Waals surface area contributed by atoms with Crippen LogP contribution < -0.4 is 15.8 Å². The molecule has 0 saturated carbocycles. The van der Waals surface area contributed by atoms with Gasteiger partial charge in [0, 0.05) is 10.4 Å². The number of rotatable bonds is 9. The van der Waals surface area contributed by atoms with Crippen molar-refractivity contribution < 1.29 is 28.6 Å². The molecule has 2 aromatic rings. The van der Waals surface area contributed by atoms with E-state index in [1.807, 2.05) is 6.92 Å². The number of esters is 2. The minimum atomic E-state index is -0.565. The molecule has 0 spiro atoms. The maximum Gasteiger partial charge on any atom is 0.341 e. The van der Waals surface area contributed by atoms with E-state index in [0.717, 1.165) is 17.7 Å². The van der Waals surface area contributed by atoms with Crippen molar-refractivity contribution in [3.05, 3.63) is 39.8 Å². The Morgan fingerprint density at radius 3 is 2.58 bits per heavy atom. The zero-order valence-corrected chi connectivity index (χ0v) is 20.0. The van der Waals surface area contributed by atoms with Crippen LogP contribution in [0.2, 0.25) is 0 Å². The average molecular weight is 475 g/mol. The van der Waals surface area contributed by atoms with Gasteiger partial charge < -0.3 is 25.3 Å². The molecule has 0 radical (unpaired) electrons. The van der Waals surface area contributed by atoms with Crippen LogP contribution in [0.4, 0.5) is 10.7 Å². The van der Waals surface area contributed by atoms with Crippen LogP contribution in [0.3, 0.4) is 0 Å². The second kappa shape index (κ2) is 11.2. The summed E-state index contributed by atoms with van der Waals surface area (Å²) in [6, 6.07) is 4.82. The second-order valence-electron chi connectivity index (χ2n) is 7.62. The van der Waals surface area contributed by atoms with Crippen molar-refractivity contribution in [3.63, 3.8) is 0 Å². The molecular weight excluding hydrogens is 444 g/mol. The lowest BCUT2D eigenvalue weighted by atomic mass is 9.85. The van der Waals surface area contributed by atoms with E-state index < -0.39 is 17.8 Å². The summed E-state index contributed by atoms with van der Waals surface area (Å²) in [5, 5.41) is 3.20. The number of aryl methyl sites for hydroxylation is 1. The summed E-state index contributed by atoms with van der Waals surface area (Å²) in [5.41, 5.74) is 7.58. The van der Waals surface area contributed by atoms with Crippen molar-refractivity contribution >= 4 is 39.9 Å². The molecule has 1 amide bonds. The molecule has 3 N–H and O–H groups in total. The largest absolute Gasteiger partial charge is 0.491 e. The molecule has 1 heterocycles. The highest BCUT2D eigenvalue weighted by Crippen LogP contribution is 2.44. The molecule has 178 valence electrons. The fourth-order valence-corrected chi connectivity index (χ4v) is 5.12. The van der Waals surface area contributed by atoms with Crippen LogP contribution in [0.15, 0.2) is 18.2 Å². The Labute approximate surface area is 197 Å². The molecule has 33 heavy (non-hydrogen) atoms. The molecule has 0 aliphatic heterocycles. The second-order valence-corrected chi connectivity index (χ2v) is 8.72. The van der Waals surface area contributed by atoms with E-state index >= 15 is 0 Å². The maximum absolute atomic E-state index is 13.0. The molecule has 1 aromatic carbocycles. The number of carbonyl (C=O) groups is 3. The molecule has 1 aliphatic rings. The number of hydrogen-bond donors (Lipinski definition) is 2. The predicted molar refractivity (Wildman–Crippen MR) is 127 cm³/mol. The Balaban J connectivity index is 1.94. The molecule has 8 nitrogen and oxygen atoms in total. The van der Waals surface area contributed by atoms with Crippen LogP contribution in [0, 0.1) is 0 Å². The number of hydrogen-bond acceptors (Lipinski definition) is 8. The lowest BCUT2D eigenvalue weighted by Gasteiger charge is -2.22. The molecule has 0 bridgehead atoms. The summed E-state index contributed by atoms with van der Waals surface area (Å²) in [7, 11) is 0. The van der Waals surface area contributed by atoms with Gasteiger partial charge in [0.2, 0.25) is 0 Å². The number of nitrogens with one attached hydrogen (secondary N) is 1. The summed E-state index contributed by atoms with van der Waals surface area (Å²) >= 11 is 1.30. The van der Waals surface area contributed by atoms with Gasteiger partial charge in [-0.1, -0.05) is 6.92 Å². The Morgan fingerprint density at radius 1 is 1.15 bits per heavy atom. The molecule has 9 heteroatoms. The van der Waals surface area contributed by atoms with Crippen LogP contribution in [0.5, 0.6) is 5.75 Å². The van der Waals surface area contributed by atoms with Gasteiger partial charge in [0.1, 0.15) is 10.8 Å². The monoisotopic (exact) mass is 474 g/mol. The summed E-state index contributed by atoms with van der Waals surface area (Å²) in [6.45, 7) is 6.41. The number of ether oxygens (including phenoxy) is 3. The maximum atomic E-state index is 13.0. The number of amides is 1. The first-order valence-electron chi connectivity index (χ1n) is 11.2. The fraction of sp³-hybridized carbons (Fsp3) is 0.458. The zero-order chi connectivity index (χ0) is 24.0. The minimum absolute atomic E-state index is 0.177. The summed E-state index contributed by atoms with van der Waals surface area (Å²) < 4.78 is 16.1. The van der Waals surface area contributed by atoms with Gasteiger partial charge in [0.15, 0.2) is 0 Å². The van der Waals surface area contributed by atoms with Crippen LogP contribution >= 0.6 is 11.3 Å². The molecule has 0 saturated heterocycles. The molecule has 1 aromatic heterocycles. The number of benzene rings is 1. The highest BCUT2D eigenvalue weighted by molar-refractivity contribution is 7.17. The van der Waals surface area contributed by atoms with Crippen molar-refractivity contribution in [2.24, 2.45) is 0 Å². The van der Waals surface area contributed by atoms with E-state index in [2.05, 4.69) is 5.32 Å². The van der Waals surface area contributed by atoms with Gasteiger partial charge in [-0.25, -0.2) is 4.79 Å². The fourth-order valence-electron chi connectivity index (χ4n) is 3.84. The van der Waals surface area contributed by atoms with Crippen molar-refractivity contribution in [3.8, 4) is 5.75 Å². The Hall–Kier alpha value is -3.07. The average Bonchev–Trinajstić information content (AvgIpc) is 3.16. The van der Waals surface area contributed by atoms with E-state index in [-0.39, 0.29) is 24.7 Å². The van der Waals surface area contributed by atoms with Crippen LogP contribution in [-0.2, 0) is 20.7 Å². The summed E-state index contributed by atoms with van der Waals surface area (Å²) in [5.74, 6) is -1.38. The Bertz CT molecular complexity index is 1030. The number of nitrogen functional groups attached to an aromatic ring is 1. The standard InChI is InChI=1S/C24H30N2O6S/c1-4-12-32-17-11-10-14(13-16(17)25)21(27)26-22-20(24(29)31-6-3)19-15(23(28)30-5-2)8-7-9-18(19)33-22/h10-11,13,15H,4-9,12,25H2,1-3H3,(H,26,27). The summed E-state index contributed by atoms with van der Waals surface area (Å²) in [4.78, 5) is 39.4. The molecule has 0 fully saturated rings. The van der Waals surface area contributed by atoms with Gasteiger partial charge in [0.25, 0.3) is 5.91 Å². The number of carbonyl (C=O) groups excluding carboxylic acids is 3. The van der Waals surface area contributed by atoms with Crippen molar-refractivity contribution in [2.75, 3.05) is 30.9 Å². The zero-order valence-electron chi connectivity index (χ0n) is 19.2. The molecule has 1 atom stereocenters. The third-order valence-corrected chi connectivity index (χ3v) is 6.46. The molecule has 1 aliphatic carbocycles. The highest BCUT2D eigenvalue weighted by atomic mass is 32.1. The quantitative estimate of drug-likeness (QED) is 0.405. The van der Waals surface area contributed by atoms with E-state index in [9.17, 15) is 14.4 Å². The van der Waals surface area contributed by atoms with E-state index in [4.69, 9.17) is 19.9 Å². The van der Waals surface area contributed by atoms with Crippen LogP contribution in [0.1, 0.15) is 77.1 Å². The third kappa shape index (κ3) is 5.47. The van der Waals surface area contributed by atoms with Gasteiger partial charge in [0.05, 0.1) is 37.0 Å². The molecule has 1 unspecified atom stereocenters. The smallest absolute Gasteiger partial charge is 0.341 e. The lowest BCUT2D eigenvalue weighted by molar-refractivity contribution is -0.145. The van der Waals surface area contributed by atoms with E-state index in [1.165, 1.54) is 11.3 Å². The predicted octanol–water partition coefficient (Wildman–Crippen LogP) is 4.53. The summed E-state index contributed by atoms with van der Waals surface area (Å²) in [6.07, 6.45) is 2.93. The van der Waals surface area contributed by atoms with E-state index in [0.29, 0.717) is 47.0 Å². The highest BCUT2D eigenvalue weighted by Gasteiger charge is 2.37. The van der Waals surface area contributed by atoms with Gasteiger partial charge >= 0.3 is 11.9 Å². The lowest BCUT2D eigenvalue weighted by Crippen LogP contribution is -2.23. The van der Waals surface area contributed by atoms with Crippen molar-refractivity contribution in [2.45, 2.75) is 52.4 Å². The van der Waals surface area contributed by atoms with Gasteiger partial charge in [-0.2, -0.15) is 0 Å². The van der Waals surface area contributed by atoms with Crippen LogP contribution in [-0.4, -0.2) is 37.7 Å². The molecule has 3 rings (SSSR count). The van der Waals surface area contributed by atoms with Gasteiger partial charge in [-0.05, 0) is 63.3 Å². The van der Waals surface area contributed by atoms with Gasteiger partial charge in [-0.3, -0.25) is 9.59 Å². The number of thiophene rings is 1. The number of nitrogens with two attached hydrogens (primary N) is 1. The topological polar surface area (TPSA) is 117 Å². The first-order chi connectivity index (χ1) is 15.9. The Kier molecular flexibility index (Phi) is 8.32. The Morgan fingerprint density at radius 2 is 1.91 bits per heavy atom. The van der Waals surface area contributed by atoms with E-state index in [1.54, 1.807) is 32.0 Å². The molecular formula is C24H30N2O6S. The first-order valence-corrected chi connectivity index (χ1v) is 12.1. The van der Waals surface area contributed by atoms with Gasteiger partial charge in [-0.15, -0.1) is 11.3 Å². The first kappa shape index (κ1) is 24.6. The SMILES string of the molecule is CCCOc1ccc(C(=O)Nc2sc3c(c2C(=O)OCC)C(C(=O)OCC)CCC3)cc1N. The third-order valence-electron chi connectivity index (χ3n) is 5.28. The normalized spacial score (nSPS) is 14.8. The van der Waals surface area contributed by atoms with Crippen LogP contribution in [0.25, 0.3) is 0 Å². The number of fused-ring (bicyclic) bond motifs is 1. The minimum Gasteiger partial charge on any atom is -0.491 e.